The largest absolute Gasteiger partial charge is 0.465 e. The minimum atomic E-state index is -4.15. The maximum atomic E-state index is 13.7. The summed E-state index contributed by atoms with van der Waals surface area (Å²) in [5.74, 6) is -0.516. The van der Waals surface area contributed by atoms with E-state index in [1.807, 2.05) is 0 Å². The lowest BCUT2D eigenvalue weighted by atomic mass is 10.00. The van der Waals surface area contributed by atoms with E-state index in [1.54, 1.807) is 54.9 Å². The molecule has 5 N–H and O–H groups in total. The summed E-state index contributed by atoms with van der Waals surface area (Å²) in [5.41, 5.74) is 6.72. The van der Waals surface area contributed by atoms with Gasteiger partial charge < -0.3 is 30.2 Å². The van der Waals surface area contributed by atoms with Gasteiger partial charge in [-0.25, -0.2) is 9.55 Å². The normalized spacial score (nSPS) is 23.2. The second-order valence-corrected chi connectivity index (χ2v) is 10.4. The number of rotatable bonds is 12. The first kappa shape index (κ1) is 28.5. The van der Waals surface area contributed by atoms with Crippen LogP contribution >= 0.6 is 7.75 Å². The van der Waals surface area contributed by atoms with Crippen LogP contribution in [0.2, 0.25) is 0 Å². The van der Waals surface area contributed by atoms with Gasteiger partial charge in [0.2, 0.25) is 5.95 Å². The molecule has 39 heavy (non-hydrogen) atoms. The fourth-order valence-electron chi connectivity index (χ4n) is 4.14. The Morgan fingerprint density at radius 1 is 1.36 bits per heavy atom. The average molecular weight is 562 g/mol. The van der Waals surface area contributed by atoms with E-state index in [9.17, 15) is 14.5 Å². The van der Waals surface area contributed by atoms with Crippen LogP contribution in [0, 0.1) is 5.92 Å². The summed E-state index contributed by atoms with van der Waals surface area (Å²) in [6.45, 7) is 6.77. The molecule has 15 heteroatoms. The molecular formula is C24H32N7O7P. The number of imidazole rings is 1. The first-order valence-electron chi connectivity index (χ1n) is 12.3. The Kier molecular flexibility index (Phi) is 8.83. The number of fused-ring (bicyclic) bond motifs is 1. The molecule has 0 aliphatic carbocycles. The highest BCUT2D eigenvalue weighted by Crippen LogP contribution is 2.46. The number of carbonyl (C=O) groups is 1. The summed E-state index contributed by atoms with van der Waals surface area (Å²) in [6.07, 6.45) is 0.219. The lowest BCUT2D eigenvalue weighted by molar-refractivity contribution is -0.144. The lowest BCUT2D eigenvalue weighted by Gasteiger charge is -2.24. The van der Waals surface area contributed by atoms with Crippen LogP contribution in [0.15, 0.2) is 49.3 Å². The Morgan fingerprint density at radius 3 is 2.77 bits per heavy atom. The molecular weight excluding hydrogens is 529 g/mol. The first-order valence-corrected chi connectivity index (χ1v) is 13.8. The van der Waals surface area contributed by atoms with Crippen molar-refractivity contribution < 1.29 is 33.0 Å². The fraction of sp³-hybridized carbons (Fsp3) is 0.417. The third-order valence-electron chi connectivity index (χ3n) is 6.01. The van der Waals surface area contributed by atoms with Gasteiger partial charge in [-0.2, -0.15) is 15.1 Å². The molecule has 3 aromatic rings. The van der Waals surface area contributed by atoms with Crippen molar-refractivity contribution in [3.05, 3.63) is 49.3 Å². The molecule has 0 spiro atoms. The van der Waals surface area contributed by atoms with Gasteiger partial charge in [-0.1, -0.05) is 24.3 Å². The summed E-state index contributed by atoms with van der Waals surface area (Å²) in [6, 6.07) is 7.34. The number of nitrogens with zero attached hydrogens (tertiary/aromatic N) is 4. The molecule has 1 saturated heterocycles. The Labute approximate surface area is 225 Å². The van der Waals surface area contributed by atoms with Crippen LogP contribution in [0.4, 0.5) is 11.8 Å². The van der Waals surface area contributed by atoms with Gasteiger partial charge in [0.15, 0.2) is 17.0 Å². The van der Waals surface area contributed by atoms with Gasteiger partial charge in [-0.05, 0) is 26.0 Å². The molecule has 0 saturated carbocycles. The van der Waals surface area contributed by atoms with Crippen LogP contribution in [0.25, 0.3) is 11.2 Å². The zero-order valence-electron chi connectivity index (χ0n) is 21.8. The number of aliphatic hydroxyl groups excluding tert-OH is 1. The lowest BCUT2D eigenvalue weighted by Crippen LogP contribution is -2.36. The maximum Gasteiger partial charge on any atom is 0.459 e. The number of carbonyl (C=O) groups excluding carboxylic acids is 1. The summed E-state index contributed by atoms with van der Waals surface area (Å²) in [7, 11) is -2.47. The van der Waals surface area contributed by atoms with Crippen molar-refractivity contribution in [3.63, 3.8) is 0 Å². The van der Waals surface area contributed by atoms with Crippen molar-refractivity contribution in [1.82, 2.24) is 24.6 Å². The highest BCUT2D eigenvalue weighted by atomic mass is 31.2. The second-order valence-electron chi connectivity index (χ2n) is 8.67. The van der Waals surface area contributed by atoms with Crippen molar-refractivity contribution in [2.24, 2.45) is 5.92 Å². The zero-order valence-corrected chi connectivity index (χ0v) is 22.7. The Balaban J connectivity index is 1.56. The summed E-state index contributed by atoms with van der Waals surface area (Å²) in [4.78, 5) is 25.0. The van der Waals surface area contributed by atoms with Crippen LogP contribution in [0.5, 0.6) is 5.75 Å². The molecule has 1 aliphatic heterocycles. The molecule has 6 atom stereocenters. The summed E-state index contributed by atoms with van der Waals surface area (Å²) >= 11 is 0. The third kappa shape index (κ3) is 6.21. The van der Waals surface area contributed by atoms with Gasteiger partial charge in [-0.15, -0.1) is 6.58 Å². The fourth-order valence-corrected chi connectivity index (χ4v) is 5.65. The Hall–Kier alpha value is -3.55. The van der Waals surface area contributed by atoms with Gasteiger partial charge >= 0.3 is 13.7 Å². The predicted molar refractivity (Wildman–Crippen MR) is 143 cm³/mol. The van der Waals surface area contributed by atoms with Gasteiger partial charge in [0, 0.05) is 7.05 Å². The maximum absolute atomic E-state index is 13.7. The van der Waals surface area contributed by atoms with Crippen molar-refractivity contribution in [1.29, 1.82) is 0 Å². The Morgan fingerprint density at radius 2 is 2.10 bits per heavy atom. The van der Waals surface area contributed by atoms with E-state index in [0.717, 1.165) is 0 Å². The standard InChI is InChI=1S/C24H32N7O7P/c1-5-16-19(32)17(37-22(16)31-13-27-18-20(26-4)28-24(25)29-21(18)31)12-36-39(34,30-14(3)23(33)35-6-2)38-15-10-8-7-9-11-15/h5,7-11,13-14,16-17,19,22,32H,1,6,12H2,2-4H3,(H,30,34)(H3,25,26,28,29)/t14?,16-,17+,19-,22+,39+/m0/s1. The number of nitrogen functional groups attached to an aromatic ring is 1. The molecule has 1 aliphatic rings. The number of nitrogens with one attached hydrogen (secondary N) is 2. The molecule has 4 rings (SSSR count). The summed E-state index contributed by atoms with van der Waals surface area (Å²) in [5, 5.41) is 16.6. The molecule has 1 unspecified atom stereocenters. The molecule has 14 nitrogen and oxygen atoms in total. The van der Waals surface area contributed by atoms with E-state index < -0.39 is 44.1 Å². The number of esters is 1. The highest BCUT2D eigenvalue weighted by Gasteiger charge is 2.45. The van der Waals surface area contributed by atoms with Crippen molar-refractivity contribution in [2.45, 2.75) is 38.3 Å². The number of aromatic nitrogens is 4. The van der Waals surface area contributed by atoms with Crippen molar-refractivity contribution in [3.8, 4) is 5.75 Å². The van der Waals surface area contributed by atoms with Gasteiger partial charge in [0.1, 0.15) is 24.1 Å². The number of para-hydroxylation sites is 1. The third-order valence-corrected chi connectivity index (χ3v) is 7.65. The molecule has 2 aromatic heterocycles. The van der Waals surface area contributed by atoms with Crippen molar-refractivity contribution >= 4 is 36.6 Å². The number of hydrogen-bond acceptors (Lipinski definition) is 12. The van der Waals surface area contributed by atoms with Crippen LogP contribution in [-0.2, 0) is 23.4 Å². The minimum Gasteiger partial charge on any atom is -0.465 e. The van der Waals surface area contributed by atoms with Gasteiger partial charge in [0.05, 0.1) is 31.6 Å². The predicted octanol–water partition coefficient (Wildman–Crippen LogP) is 2.26. The van der Waals surface area contributed by atoms with E-state index >= 15 is 0 Å². The van der Waals surface area contributed by atoms with Gasteiger partial charge in [0.25, 0.3) is 0 Å². The first-order chi connectivity index (χ1) is 18.7. The quantitative estimate of drug-likeness (QED) is 0.143. The monoisotopic (exact) mass is 561 g/mol. The molecule has 1 fully saturated rings. The SMILES string of the molecule is C=C[C@H]1[C@H](O)[C@@H](CO[P@](=O)(NC(C)C(=O)OCC)Oc2ccccc2)O[C@H]1n1cnc2c(NC)nc(N)nc21. The topological polar surface area (TPSA) is 185 Å². The molecule has 3 heterocycles. The van der Waals surface area contributed by atoms with Crippen LogP contribution < -0.4 is 20.7 Å². The van der Waals surface area contributed by atoms with E-state index in [4.69, 9.17) is 24.3 Å². The van der Waals surface area contributed by atoms with Crippen LogP contribution in [0.3, 0.4) is 0 Å². The Bertz CT molecular complexity index is 1360. The van der Waals surface area contributed by atoms with Crippen molar-refractivity contribution in [2.75, 3.05) is 31.3 Å². The van der Waals surface area contributed by atoms with E-state index in [1.165, 1.54) is 13.3 Å². The highest BCUT2D eigenvalue weighted by molar-refractivity contribution is 7.52. The van der Waals surface area contributed by atoms with E-state index in [2.05, 4.69) is 31.9 Å². The molecule has 0 radical (unpaired) electrons. The number of hydrogen-bond donors (Lipinski definition) is 4. The van der Waals surface area contributed by atoms with Crippen LogP contribution in [0.1, 0.15) is 20.1 Å². The number of aliphatic hydroxyl groups is 1. The number of nitrogens with two attached hydrogens (primary N) is 1. The van der Waals surface area contributed by atoms with Gasteiger partial charge in [-0.3, -0.25) is 13.9 Å². The zero-order chi connectivity index (χ0) is 28.2. The smallest absolute Gasteiger partial charge is 0.459 e. The van der Waals surface area contributed by atoms with Crippen LogP contribution in [-0.4, -0.2) is 69.1 Å². The molecule has 1 aromatic carbocycles. The summed E-state index contributed by atoms with van der Waals surface area (Å²) < 4.78 is 37.8. The molecule has 210 valence electrons. The minimum absolute atomic E-state index is 0.0305. The number of benzene rings is 1. The van der Waals surface area contributed by atoms with E-state index in [-0.39, 0.29) is 24.9 Å². The number of ether oxygens (including phenoxy) is 2. The molecule has 0 amide bonds. The van der Waals surface area contributed by atoms with E-state index in [0.29, 0.717) is 17.0 Å². The average Bonchev–Trinajstić information content (AvgIpc) is 3.47. The molecule has 0 bridgehead atoms. The second kappa shape index (κ2) is 12.1. The number of anilines is 2.